The number of likely N-dealkylation sites (tertiary alicyclic amines) is 1. The van der Waals surface area contributed by atoms with Crippen LogP contribution in [0.1, 0.15) is 25.3 Å². The van der Waals surface area contributed by atoms with Crippen molar-refractivity contribution in [2.45, 2.75) is 32.4 Å². The van der Waals surface area contributed by atoms with Gasteiger partial charge in [-0.1, -0.05) is 0 Å². The van der Waals surface area contributed by atoms with Gasteiger partial charge >= 0.3 is 6.09 Å². The van der Waals surface area contributed by atoms with Crippen molar-refractivity contribution in [1.82, 2.24) is 25.0 Å². The molecule has 3 rings (SSSR count). The number of carbonyl (C=O) groups excluding carboxylic acids is 1. The summed E-state index contributed by atoms with van der Waals surface area (Å²) in [6.07, 6.45) is 6.66. The molecular weight excluding hydrogens is 473 g/mol. The maximum absolute atomic E-state index is 11.7. The molecule has 0 aromatic carbocycles. The average Bonchev–Trinajstić information content (AvgIpc) is 3.22. The van der Waals surface area contributed by atoms with E-state index in [0.29, 0.717) is 32.2 Å². The Bertz CT molecular complexity index is 774. The Balaban J connectivity index is 0.00000280. The Morgan fingerprint density at radius 3 is 2.86 bits per heavy atom. The number of hydrogen-bond donors (Lipinski definition) is 2. The number of rotatable bonds is 5. The van der Waals surface area contributed by atoms with Gasteiger partial charge in [-0.2, -0.15) is 5.10 Å². The van der Waals surface area contributed by atoms with Gasteiger partial charge in [-0.3, -0.25) is 0 Å². The first kappa shape index (κ1) is 21.9. The van der Waals surface area contributed by atoms with Gasteiger partial charge in [0.15, 0.2) is 11.8 Å². The molecule has 1 saturated heterocycles. The number of nitrogens with two attached hydrogens (primary N) is 1. The lowest BCUT2D eigenvalue weighted by atomic mass is 10.1. The van der Waals surface area contributed by atoms with Gasteiger partial charge in [0.05, 0.1) is 13.2 Å². The number of ether oxygens (including phenoxy) is 1. The van der Waals surface area contributed by atoms with Crippen LogP contribution in [0.2, 0.25) is 0 Å². The Hall–Kier alpha value is -2.37. The minimum atomic E-state index is -0.247. The van der Waals surface area contributed by atoms with Gasteiger partial charge in [0.2, 0.25) is 0 Å². The van der Waals surface area contributed by atoms with Crippen LogP contribution in [-0.2, 0) is 11.3 Å². The fourth-order valence-corrected chi connectivity index (χ4v) is 2.94. The van der Waals surface area contributed by atoms with Crippen LogP contribution in [0.4, 0.5) is 4.79 Å². The zero-order valence-corrected chi connectivity index (χ0v) is 18.2. The van der Waals surface area contributed by atoms with E-state index in [0.717, 1.165) is 24.2 Å². The van der Waals surface area contributed by atoms with E-state index in [1.54, 1.807) is 22.0 Å². The quantitative estimate of drug-likeness (QED) is 0.370. The summed E-state index contributed by atoms with van der Waals surface area (Å²) in [5.74, 6) is 1.15. The van der Waals surface area contributed by atoms with Crippen LogP contribution in [0.15, 0.2) is 41.8 Å². The molecule has 9 nitrogen and oxygen atoms in total. The molecule has 1 amide bonds. The van der Waals surface area contributed by atoms with Gasteiger partial charge in [0.1, 0.15) is 0 Å². The summed E-state index contributed by atoms with van der Waals surface area (Å²) in [7, 11) is 0. The number of nitrogens with zero attached hydrogens (tertiary/aromatic N) is 5. The van der Waals surface area contributed by atoms with Gasteiger partial charge in [-0.15, -0.1) is 24.0 Å². The van der Waals surface area contributed by atoms with Crippen LogP contribution in [0.25, 0.3) is 5.82 Å². The fourth-order valence-electron chi connectivity index (χ4n) is 2.94. The minimum Gasteiger partial charge on any atom is -0.450 e. The summed E-state index contributed by atoms with van der Waals surface area (Å²) in [6, 6.07) is 5.89. The second kappa shape index (κ2) is 10.8. The first-order valence-corrected chi connectivity index (χ1v) is 9.09. The Morgan fingerprint density at radius 2 is 2.18 bits per heavy atom. The van der Waals surface area contributed by atoms with Crippen LogP contribution >= 0.6 is 24.0 Å². The van der Waals surface area contributed by atoms with Crippen molar-refractivity contribution in [3.05, 3.63) is 42.4 Å². The summed E-state index contributed by atoms with van der Waals surface area (Å²) in [6.45, 7) is 3.97. The van der Waals surface area contributed by atoms with E-state index in [1.165, 1.54) is 0 Å². The molecule has 152 valence electrons. The van der Waals surface area contributed by atoms with E-state index < -0.39 is 0 Å². The van der Waals surface area contributed by atoms with Crippen LogP contribution in [0, 0.1) is 0 Å². The van der Waals surface area contributed by atoms with Gasteiger partial charge in [0.25, 0.3) is 0 Å². The van der Waals surface area contributed by atoms with Gasteiger partial charge in [-0.25, -0.2) is 19.5 Å². The first-order valence-electron chi connectivity index (χ1n) is 9.09. The number of nitrogens with one attached hydrogen (secondary N) is 1. The van der Waals surface area contributed by atoms with E-state index in [9.17, 15) is 4.79 Å². The Labute approximate surface area is 181 Å². The summed E-state index contributed by atoms with van der Waals surface area (Å²) in [5.41, 5.74) is 7.03. The highest BCUT2D eigenvalue weighted by atomic mass is 127. The molecule has 1 aliphatic heterocycles. The molecule has 3 heterocycles. The third kappa shape index (κ3) is 6.08. The number of halogens is 1. The summed E-state index contributed by atoms with van der Waals surface area (Å²) in [4.78, 5) is 22.2. The summed E-state index contributed by atoms with van der Waals surface area (Å²) in [5, 5.41) is 7.41. The van der Waals surface area contributed by atoms with Crippen molar-refractivity contribution in [1.29, 1.82) is 0 Å². The number of hydrogen-bond acceptors (Lipinski definition) is 5. The molecule has 3 N–H and O–H groups in total. The SMILES string of the molecule is CCOC(=O)N1CCC(NC(N)=NCc2ccnc(-n3cccn3)c2)CC1.I. The second-order valence-electron chi connectivity index (χ2n) is 6.28. The predicted molar refractivity (Wildman–Crippen MR) is 117 cm³/mol. The number of pyridine rings is 1. The highest BCUT2D eigenvalue weighted by Gasteiger charge is 2.23. The number of piperidine rings is 1. The molecule has 0 aliphatic carbocycles. The molecule has 1 aliphatic rings. The molecule has 2 aromatic rings. The summed E-state index contributed by atoms with van der Waals surface area (Å²) < 4.78 is 6.73. The maximum Gasteiger partial charge on any atom is 0.409 e. The van der Waals surface area contributed by atoms with Crippen molar-refractivity contribution in [3.63, 3.8) is 0 Å². The number of aromatic nitrogens is 3. The smallest absolute Gasteiger partial charge is 0.409 e. The van der Waals surface area contributed by atoms with Crippen LogP contribution in [-0.4, -0.2) is 57.5 Å². The van der Waals surface area contributed by atoms with E-state index in [4.69, 9.17) is 10.5 Å². The minimum absolute atomic E-state index is 0. The Morgan fingerprint density at radius 1 is 1.39 bits per heavy atom. The topological polar surface area (TPSA) is 111 Å². The van der Waals surface area contributed by atoms with Gasteiger partial charge in [0, 0.05) is 37.7 Å². The molecule has 0 saturated carbocycles. The van der Waals surface area contributed by atoms with Gasteiger partial charge in [-0.05, 0) is 43.5 Å². The predicted octanol–water partition coefficient (Wildman–Crippen LogP) is 1.91. The van der Waals surface area contributed by atoms with E-state index >= 15 is 0 Å². The van der Waals surface area contributed by atoms with E-state index in [-0.39, 0.29) is 36.1 Å². The molecule has 0 radical (unpaired) electrons. The fraction of sp³-hybridized carbons (Fsp3) is 0.444. The number of amides is 1. The lowest BCUT2D eigenvalue weighted by molar-refractivity contribution is 0.0963. The van der Waals surface area contributed by atoms with Crippen LogP contribution < -0.4 is 11.1 Å². The monoisotopic (exact) mass is 499 g/mol. The third-order valence-electron chi connectivity index (χ3n) is 4.35. The number of guanidine groups is 1. The lowest BCUT2D eigenvalue weighted by Gasteiger charge is -2.31. The molecule has 0 bridgehead atoms. The average molecular weight is 499 g/mol. The van der Waals surface area contributed by atoms with Crippen molar-refractivity contribution >= 4 is 36.0 Å². The zero-order valence-electron chi connectivity index (χ0n) is 15.8. The molecule has 2 aromatic heterocycles. The van der Waals surface area contributed by atoms with E-state index in [1.807, 2.05) is 31.3 Å². The van der Waals surface area contributed by atoms with Crippen LogP contribution in [0.3, 0.4) is 0 Å². The summed E-state index contributed by atoms with van der Waals surface area (Å²) >= 11 is 0. The molecule has 0 atom stereocenters. The molecule has 0 spiro atoms. The third-order valence-corrected chi connectivity index (χ3v) is 4.35. The Kier molecular flexibility index (Phi) is 8.48. The zero-order chi connectivity index (χ0) is 19.1. The number of carbonyl (C=O) groups is 1. The normalized spacial score (nSPS) is 15.0. The van der Waals surface area contributed by atoms with Gasteiger partial charge < -0.3 is 20.7 Å². The lowest BCUT2D eigenvalue weighted by Crippen LogP contribution is -2.48. The first-order chi connectivity index (χ1) is 13.2. The largest absolute Gasteiger partial charge is 0.450 e. The molecular formula is C18H26IN7O2. The van der Waals surface area contributed by atoms with Crippen LogP contribution in [0.5, 0.6) is 0 Å². The standard InChI is InChI=1S/C18H25N7O2.HI/c1-2-27-18(26)24-10-5-15(6-11-24)23-17(19)21-13-14-4-8-20-16(12-14)25-9-3-7-22-25;/h3-4,7-9,12,15H,2,5-6,10-11,13H2,1H3,(H3,19,21,23);1H. The second-order valence-corrected chi connectivity index (χ2v) is 6.28. The van der Waals surface area contributed by atoms with Crippen molar-refractivity contribution in [3.8, 4) is 5.82 Å². The van der Waals surface area contributed by atoms with Crippen molar-refractivity contribution < 1.29 is 9.53 Å². The molecule has 1 fully saturated rings. The molecule has 0 unspecified atom stereocenters. The highest BCUT2D eigenvalue weighted by molar-refractivity contribution is 14.0. The van der Waals surface area contributed by atoms with E-state index in [2.05, 4.69) is 20.4 Å². The maximum atomic E-state index is 11.7. The van der Waals surface area contributed by atoms with Crippen molar-refractivity contribution in [2.24, 2.45) is 10.7 Å². The highest BCUT2D eigenvalue weighted by Crippen LogP contribution is 2.12. The molecule has 10 heteroatoms. The number of aliphatic imine (C=N–C) groups is 1. The molecule has 28 heavy (non-hydrogen) atoms. The van der Waals surface area contributed by atoms with Crippen molar-refractivity contribution in [2.75, 3.05) is 19.7 Å².